The van der Waals surface area contributed by atoms with Crippen LogP contribution in [0.15, 0.2) is 41.6 Å². The van der Waals surface area contributed by atoms with Crippen LogP contribution in [0.5, 0.6) is 0 Å². The van der Waals surface area contributed by atoms with Crippen LogP contribution >= 0.6 is 11.6 Å². The van der Waals surface area contributed by atoms with E-state index in [-0.39, 0.29) is 0 Å². The van der Waals surface area contributed by atoms with Gasteiger partial charge in [-0.25, -0.2) is 0 Å². The Morgan fingerprint density at radius 3 is 2.36 bits per heavy atom. The predicted molar refractivity (Wildman–Crippen MR) is 99.7 cm³/mol. The van der Waals surface area contributed by atoms with Gasteiger partial charge < -0.3 is 0 Å². The first-order valence-corrected chi connectivity index (χ1v) is 9.31. The lowest BCUT2D eigenvalue weighted by molar-refractivity contribution is 0.674. The molecule has 0 fully saturated rings. The molecule has 0 N–H and O–H groups in total. The summed E-state index contributed by atoms with van der Waals surface area (Å²) in [5, 5.41) is 0.817. The topological polar surface area (TPSA) is 0 Å². The molecule has 0 aromatic heterocycles. The minimum atomic E-state index is 0.817. The molecule has 0 aliphatic rings. The van der Waals surface area contributed by atoms with Crippen LogP contribution in [0, 0.1) is 0 Å². The van der Waals surface area contributed by atoms with Crippen molar-refractivity contribution in [2.24, 2.45) is 0 Å². The summed E-state index contributed by atoms with van der Waals surface area (Å²) in [6.45, 7) is 4.51. The molecule has 0 saturated heterocycles. The molecule has 0 spiro atoms. The molecule has 1 aromatic rings. The molecule has 1 rings (SSSR count). The monoisotopic (exact) mass is 318 g/mol. The van der Waals surface area contributed by atoms with Crippen LogP contribution in [0.25, 0.3) is 0 Å². The Kier molecular flexibility index (Phi) is 10.9. The molecule has 0 unspecified atom stereocenters. The van der Waals surface area contributed by atoms with Gasteiger partial charge in [-0.1, -0.05) is 63.3 Å². The normalized spacial score (nSPS) is 10.3. The molecule has 1 aromatic carbocycles. The molecule has 1 heteroatoms. The van der Waals surface area contributed by atoms with E-state index in [0.29, 0.717) is 0 Å². The zero-order valence-electron chi connectivity index (χ0n) is 14.3. The number of unbranched alkanes of at least 4 members (excludes halogenated alkanes) is 5. The maximum absolute atomic E-state index is 5.94. The zero-order chi connectivity index (χ0) is 16.0. The van der Waals surface area contributed by atoms with E-state index < -0.39 is 0 Å². The van der Waals surface area contributed by atoms with Crippen LogP contribution in [-0.4, -0.2) is 0 Å². The largest absolute Gasteiger partial charge is 0.126 e. The summed E-state index contributed by atoms with van der Waals surface area (Å²) < 4.78 is 0. The number of hydrogen-bond acceptors (Lipinski definition) is 0. The van der Waals surface area contributed by atoms with E-state index >= 15 is 0 Å². The fourth-order valence-electron chi connectivity index (χ4n) is 2.50. The van der Waals surface area contributed by atoms with Crippen molar-refractivity contribution in [3.8, 4) is 0 Å². The quantitative estimate of drug-likeness (QED) is 0.292. The average molecular weight is 319 g/mol. The first kappa shape index (κ1) is 19.1. The predicted octanol–water partition coefficient (Wildman–Crippen LogP) is 7.51. The Balaban J connectivity index is 2.48. The highest BCUT2D eigenvalue weighted by molar-refractivity contribution is 6.30. The minimum absolute atomic E-state index is 0.817. The first-order valence-electron chi connectivity index (χ1n) is 8.93. The summed E-state index contributed by atoms with van der Waals surface area (Å²) >= 11 is 5.94. The van der Waals surface area contributed by atoms with E-state index in [1.807, 2.05) is 12.1 Å². The average Bonchev–Trinajstić information content (AvgIpc) is 2.54. The second-order valence-electron chi connectivity index (χ2n) is 6.03. The van der Waals surface area contributed by atoms with Gasteiger partial charge in [-0.2, -0.15) is 0 Å². The Hall–Kier alpha value is -0.970. The number of rotatable bonds is 11. The summed E-state index contributed by atoms with van der Waals surface area (Å²) in [6, 6.07) is 8.23. The molecule has 0 heterocycles. The first-order chi connectivity index (χ1) is 10.8. The van der Waals surface area contributed by atoms with Crippen LogP contribution < -0.4 is 0 Å². The summed E-state index contributed by atoms with van der Waals surface area (Å²) in [5.41, 5.74) is 6.42. The molecule has 22 heavy (non-hydrogen) atoms. The van der Waals surface area contributed by atoms with E-state index in [4.69, 9.17) is 11.6 Å². The molecule has 122 valence electrons. The number of hydrogen-bond donors (Lipinski definition) is 0. The highest BCUT2D eigenvalue weighted by Crippen LogP contribution is 2.16. The van der Waals surface area contributed by atoms with Crippen LogP contribution in [0.4, 0.5) is 0 Å². The van der Waals surface area contributed by atoms with Crippen molar-refractivity contribution in [3.63, 3.8) is 0 Å². The molecule has 0 aliphatic heterocycles. The van der Waals surface area contributed by atoms with Crippen molar-refractivity contribution in [2.45, 2.75) is 78.1 Å². The van der Waals surface area contributed by atoms with E-state index in [2.05, 4.69) is 37.8 Å². The molecule has 0 bridgehead atoms. The smallest absolute Gasteiger partial charge is 0.0406 e. The number of benzene rings is 1. The molecular formula is C21H31Cl. The van der Waals surface area contributed by atoms with Gasteiger partial charge in [-0.05, 0) is 67.9 Å². The third-order valence-electron chi connectivity index (χ3n) is 3.97. The molecule has 0 atom stereocenters. The molecule has 0 nitrogen and oxygen atoms in total. The van der Waals surface area contributed by atoms with Crippen LogP contribution in [-0.2, 0) is 6.42 Å². The van der Waals surface area contributed by atoms with Gasteiger partial charge in [0.1, 0.15) is 0 Å². The maximum Gasteiger partial charge on any atom is 0.0406 e. The van der Waals surface area contributed by atoms with Crippen molar-refractivity contribution in [1.29, 1.82) is 0 Å². The van der Waals surface area contributed by atoms with E-state index in [0.717, 1.165) is 17.9 Å². The van der Waals surface area contributed by atoms with Gasteiger partial charge in [0, 0.05) is 5.02 Å². The van der Waals surface area contributed by atoms with Gasteiger partial charge >= 0.3 is 0 Å². The molecule has 0 aliphatic carbocycles. The lowest BCUT2D eigenvalue weighted by Crippen LogP contribution is -1.89. The summed E-state index contributed by atoms with van der Waals surface area (Å²) in [4.78, 5) is 0. The summed E-state index contributed by atoms with van der Waals surface area (Å²) in [6.07, 6.45) is 14.7. The van der Waals surface area contributed by atoms with E-state index in [1.165, 1.54) is 62.5 Å². The van der Waals surface area contributed by atoms with Crippen LogP contribution in [0.2, 0.25) is 5.02 Å². The zero-order valence-corrected chi connectivity index (χ0v) is 15.1. The minimum Gasteiger partial charge on any atom is -0.126 e. The van der Waals surface area contributed by atoms with Gasteiger partial charge in [0.15, 0.2) is 0 Å². The molecule has 0 radical (unpaired) electrons. The second kappa shape index (κ2) is 12.6. The summed E-state index contributed by atoms with van der Waals surface area (Å²) in [7, 11) is 0. The molecular weight excluding hydrogens is 288 g/mol. The lowest BCUT2D eigenvalue weighted by atomic mass is 10.0. The van der Waals surface area contributed by atoms with Crippen LogP contribution in [0.3, 0.4) is 0 Å². The number of aryl methyl sites for hydroxylation is 1. The van der Waals surface area contributed by atoms with Crippen molar-refractivity contribution in [3.05, 3.63) is 52.2 Å². The third-order valence-corrected chi connectivity index (χ3v) is 4.22. The fourth-order valence-corrected chi connectivity index (χ4v) is 2.62. The number of halogens is 1. The Morgan fingerprint density at radius 2 is 1.68 bits per heavy atom. The Morgan fingerprint density at radius 1 is 0.955 bits per heavy atom. The molecule has 0 amide bonds. The van der Waals surface area contributed by atoms with Gasteiger partial charge in [0.2, 0.25) is 0 Å². The van der Waals surface area contributed by atoms with Crippen molar-refractivity contribution in [2.75, 3.05) is 0 Å². The molecule has 0 saturated carbocycles. The standard InChI is InChI=1S/C21H31Cl/c1-3-5-7-8-9-10-12-19(11-6-4-2)13-14-20-15-17-21(22)18-16-20/h10,15-18H,3-9,11,13-14H2,1-2H3. The lowest BCUT2D eigenvalue weighted by Gasteiger charge is -2.05. The van der Waals surface area contributed by atoms with E-state index in [9.17, 15) is 0 Å². The van der Waals surface area contributed by atoms with Crippen molar-refractivity contribution >= 4 is 11.6 Å². The highest BCUT2D eigenvalue weighted by atomic mass is 35.5. The van der Waals surface area contributed by atoms with Crippen molar-refractivity contribution in [1.82, 2.24) is 0 Å². The fraction of sp³-hybridized carbons (Fsp3) is 0.571. The maximum atomic E-state index is 5.94. The van der Waals surface area contributed by atoms with Gasteiger partial charge in [0.05, 0.1) is 0 Å². The second-order valence-corrected chi connectivity index (χ2v) is 6.47. The summed E-state index contributed by atoms with van der Waals surface area (Å²) in [5.74, 6) is 0. The van der Waals surface area contributed by atoms with Gasteiger partial charge in [-0.3, -0.25) is 0 Å². The number of allylic oxidation sites excluding steroid dienone is 1. The Labute approximate surface area is 142 Å². The van der Waals surface area contributed by atoms with Gasteiger partial charge in [0.25, 0.3) is 0 Å². The van der Waals surface area contributed by atoms with E-state index in [1.54, 1.807) is 0 Å². The van der Waals surface area contributed by atoms with Crippen molar-refractivity contribution < 1.29 is 0 Å². The third kappa shape index (κ3) is 9.13. The van der Waals surface area contributed by atoms with Crippen LogP contribution in [0.1, 0.15) is 77.2 Å². The van der Waals surface area contributed by atoms with Gasteiger partial charge in [-0.15, -0.1) is 5.73 Å². The highest BCUT2D eigenvalue weighted by Gasteiger charge is 1.99. The Bertz CT molecular complexity index is 449. The SMILES string of the molecule is CCCCCCC=C=C(CCCC)CCc1ccc(Cl)cc1.